The van der Waals surface area contributed by atoms with E-state index in [1.54, 1.807) is 18.2 Å². The number of phenols is 3. The number of ether oxygens (including phenoxy) is 1. The molecule has 4 rings (SSSR count). The Bertz CT molecular complexity index is 1320. The summed E-state index contributed by atoms with van der Waals surface area (Å²) in [6, 6.07) is 4.83. The van der Waals surface area contributed by atoms with Gasteiger partial charge in [-0.05, 0) is 53.0 Å². The predicted molar refractivity (Wildman–Crippen MR) is 136 cm³/mol. The number of aromatic hydroxyl groups is 3. The van der Waals surface area contributed by atoms with E-state index in [1.165, 1.54) is 6.07 Å². The van der Waals surface area contributed by atoms with Crippen LogP contribution in [0.1, 0.15) is 64.7 Å². The maximum atomic E-state index is 11.0. The van der Waals surface area contributed by atoms with Gasteiger partial charge in [-0.15, -0.1) is 6.58 Å². The molecule has 3 N–H and O–H groups in total. The number of phenolic OH excluding ortho intramolecular Hbond substituents is 3. The monoisotopic (exact) mass is 462 g/mol. The van der Waals surface area contributed by atoms with Crippen LogP contribution in [0.4, 0.5) is 0 Å². The molecule has 5 heteroatoms. The van der Waals surface area contributed by atoms with Gasteiger partial charge in [0, 0.05) is 39.8 Å². The Morgan fingerprint density at radius 3 is 2.44 bits per heavy atom. The minimum Gasteiger partial charge on any atom is -0.507 e. The van der Waals surface area contributed by atoms with Crippen molar-refractivity contribution in [3.63, 3.8) is 0 Å². The van der Waals surface area contributed by atoms with E-state index in [9.17, 15) is 15.3 Å². The van der Waals surface area contributed by atoms with Crippen LogP contribution in [-0.2, 0) is 18.3 Å². The van der Waals surface area contributed by atoms with Gasteiger partial charge in [-0.25, -0.2) is 0 Å². The largest absolute Gasteiger partial charge is 0.507 e. The van der Waals surface area contributed by atoms with Crippen molar-refractivity contribution in [1.82, 2.24) is 0 Å². The number of hydrogen-bond donors (Lipinski definition) is 3. The third-order valence-corrected chi connectivity index (χ3v) is 6.72. The van der Waals surface area contributed by atoms with E-state index in [0.29, 0.717) is 34.5 Å². The quantitative estimate of drug-likeness (QED) is 0.347. The molecule has 2 heterocycles. The fourth-order valence-electron chi connectivity index (χ4n) is 4.67. The summed E-state index contributed by atoms with van der Waals surface area (Å²) in [6.45, 7) is 15.9. The van der Waals surface area contributed by atoms with Gasteiger partial charge in [0.1, 0.15) is 39.9 Å². The van der Waals surface area contributed by atoms with Crippen LogP contribution in [0.15, 0.2) is 46.9 Å². The molecular formula is C29H34O5. The van der Waals surface area contributed by atoms with E-state index in [0.717, 1.165) is 35.1 Å². The highest BCUT2D eigenvalue weighted by Gasteiger charge is 2.33. The summed E-state index contributed by atoms with van der Waals surface area (Å²) in [5.74, 6) is 1.18. The Morgan fingerprint density at radius 2 is 1.79 bits per heavy atom. The van der Waals surface area contributed by atoms with Crippen LogP contribution in [-0.4, -0.2) is 20.9 Å². The van der Waals surface area contributed by atoms with Gasteiger partial charge in [-0.3, -0.25) is 0 Å². The molecule has 0 saturated carbocycles. The van der Waals surface area contributed by atoms with Crippen molar-refractivity contribution >= 4 is 11.0 Å². The number of furan rings is 1. The van der Waals surface area contributed by atoms with Crippen LogP contribution in [0.5, 0.6) is 23.0 Å². The summed E-state index contributed by atoms with van der Waals surface area (Å²) in [7, 11) is 0. The lowest BCUT2D eigenvalue weighted by molar-refractivity contribution is 0.0845. The lowest BCUT2D eigenvalue weighted by atomic mass is 9.83. The zero-order valence-electron chi connectivity index (χ0n) is 20.9. The molecule has 0 fully saturated rings. The van der Waals surface area contributed by atoms with Crippen molar-refractivity contribution in [3.8, 4) is 34.3 Å². The zero-order valence-corrected chi connectivity index (χ0v) is 20.9. The summed E-state index contributed by atoms with van der Waals surface area (Å²) in [6.07, 6.45) is 5.92. The Morgan fingerprint density at radius 1 is 1.09 bits per heavy atom. The van der Waals surface area contributed by atoms with Crippen molar-refractivity contribution in [1.29, 1.82) is 0 Å². The molecule has 0 atom stereocenters. The molecule has 0 spiro atoms. The van der Waals surface area contributed by atoms with Crippen molar-refractivity contribution in [2.45, 2.75) is 71.8 Å². The first-order valence-electron chi connectivity index (χ1n) is 11.7. The Hall–Kier alpha value is -3.34. The van der Waals surface area contributed by atoms with Gasteiger partial charge < -0.3 is 24.5 Å². The Labute approximate surface area is 201 Å². The van der Waals surface area contributed by atoms with Gasteiger partial charge >= 0.3 is 0 Å². The zero-order chi connectivity index (χ0) is 25.0. The summed E-state index contributed by atoms with van der Waals surface area (Å²) < 4.78 is 12.6. The van der Waals surface area contributed by atoms with Gasteiger partial charge in [0.25, 0.3) is 0 Å². The summed E-state index contributed by atoms with van der Waals surface area (Å²) in [5.41, 5.74) is 3.66. The number of fused-ring (bicyclic) bond motifs is 2. The van der Waals surface area contributed by atoms with E-state index in [-0.39, 0.29) is 22.8 Å². The highest BCUT2D eigenvalue weighted by molar-refractivity contribution is 5.94. The minimum atomic E-state index is -0.596. The highest BCUT2D eigenvalue weighted by atomic mass is 16.5. The third-order valence-electron chi connectivity index (χ3n) is 6.72. The van der Waals surface area contributed by atoms with Crippen LogP contribution in [0.25, 0.3) is 22.3 Å². The van der Waals surface area contributed by atoms with E-state index in [4.69, 9.17) is 9.15 Å². The van der Waals surface area contributed by atoms with E-state index >= 15 is 0 Å². The van der Waals surface area contributed by atoms with Gasteiger partial charge in [0.15, 0.2) is 0 Å². The van der Waals surface area contributed by atoms with Gasteiger partial charge in [-0.1, -0.05) is 31.6 Å². The van der Waals surface area contributed by atoms with E-state index < -0.39 is 5.41 Å². The van der Waals surface area contributed by atoms with Crippen LogP contribution in [0.2, 0.25) is 0 Å². The van der Waals surface area contributed by atoms with Gasteiger partial charge in [0.05, 0.1) is 5.39 Å². The second-order valence-electron chi connectivity index (χ2n) is 10.6. The molecule has 1 aromatic heterocycles. The molecule has 34 heavy (non-hydrogen) atoms. The molecule has 5 nitrogen and oxygen atoms in total. The molecule has 0 saturated heterocycles. The van der Waals surface area contributed by atoms with E-state index in [2.05, 4.69) is 12.7 Å². The molecule has 1 aliphatic heterocycles. The summed E-state index contributed by atoms with van der Waals surface area (Å²) in [5, 5.41) is 32.9. The fraction of sp³-hybridized carbons (Fsp3) is 0.379. The molecule has 1 aliphatic rings. The van der Waals surface area contributed by atoms with Crippen molar-refractivity contribution in [2.24, 2.45) is 0 Å². The number of hydrogen-bond acceptors (Lipinski definition) is 5. The van der Waals surface area contributed by atoms with Gasteiger partial charge in [-0.2, -0.15) is 0 Å². The van der Waals surface area contributed by atoms with E-state index in [1.807, 2.05) is 41.5 Å². The van der Waals surface area contributed by atoms with Crippen molar-refractivity contribution < 1.29 is 24.5 Å². The molecule has 180 valence electrons. The van der Waals surface area contributed by atoms with Crippen molar-refractivity contribution in [2.75, 3.05) is 0 Å². The normalized spacial score (nSPS) is 15.0. The average molecular weight is 463 g/mol. The molecule has 0 aliphatic carbocycles. The first kappa shape index (κ1) is 23.8. The van der Waals surface area contributed by atoms with Gasteiger partial charge in [0.2, 0.25) is 0 Å². The Balaban J connectivity index is 2.05. The number of allylic oxidation sites excluding steroid dienone is 3. The van der Waals surface area contributed by atoms with Crippen LogP contribution < -0.4 is 4.74 Å². The second-order valence-corrected chi connectivity index (χ2v) is 10.6. The molecule has 2 aromatic carbocycles. The lowest BCUT2D eigenvalue weighted by Gasteiger charge is -2.34. The molecular weight excluding hydrogens is 428 g/mol. The summed E-state index contributed by atoms with van der Waals surface area (Å²) in [4.78, 5) is 0. The SMILES string of the molecule is C=CC(C)(C)c1c(O)cc(O)c2cc(-c3c(CC=C(C)C)c(O)cc4c3CCC(C)(C)O4)oc12. The first-order chi connectivity index (χ1) is 15.8. The number of rotatable bonds is 5. The first-order valence-corrected chi connectivity index (χ1v) is 11.7. The van der Waals surface area contributed by atoms with Crippen LogP contribution in [0, 0.1) is 0 Å². The molecule has 0 amide bonds. The van der Waals surface area contributed by atoms with Crippen molar-refractivity contribution in [3.05, 3.63) is 59.2 Å². The second kappa shape index (κ2) is 8.15. The minimum absolute atomic E-state index is 0.0522. The molecule has 3 aromatic rings. The third kappa shape index (κ3) is 4.04. The number of benzene rings is 2. The smallest absolute Gasteiger partial charge is 0.146 e. The molecule has 0 bridgehead atoms. The standard InChI is InChI=1S/C29H34O5/c1-8-28(4,5)26-22(32)14-20(30)19-13-24(33-27(19)26)25-17(10-9-16(2)3)21(31)15-23-18(25)11-12-29(6,7)34-23/h8-9,13-15,30-32H,1,10-12H2,2-7H3. The molecule has 0 radical (unpaired) electrons. The summed E-state index contributed by atoms with van der Waals surface area (Å²) >= 11 is 0. The molecule has 0 unspecified atom stereocenters. The Kier molecular flexibility index (Phi) is 5.71. The average Bonchev–Trinajstić information content (AvgIpc) is 3.15. The maximum Gasteiger partial charge on any atom is 0.146 e. The fourth-order valence-corrected chi connectivity index (χ4v) is 4.67. The van der Waals surface area contributed by atoms with Crippen LogP contribution in [0.3, 0.4) is 0 Å². The topological polar surface area (TPSA) is 83.1 Å². The van der Waals surface area contributed by atoms with Crippen LogP contribution >= 0.6 is 0 Å². The highest BCUT2D eigenvalue weighted by Crippen LogP contribution is 2.49. The maximum absolute atomic E-state index is 11.0. The predicted octanol–water partition coefficient (Wildman–Crippen LogP) is 7.29. The lowest BCUT2D eigenvalue weighted by Crippen LogP contribution is -2.32.